The summed E-state index contributed by atoms with van der Waals surface area (Å²) in [5, 5.41) is 2.56. The van der Waals surface area contributed by atoms with E-state index in [-0.39, 0.29) is 16.5 Å². The monoisotopic (exact) mass is 452 g/mol. The minimum atomic E-state index is -0.538. The molecule has 0 atom stereocenters. The van der Waals surface area contributed by atoms with Gasteiger partial charge in [-0.05, 0) is 42.4 Å². The summed E-state index contributed by atoms with van der Waals surface area (Å²) in [6, 6.07) is 14.1. The fourth-order valence-electron chi connectivity index (χ4n) is 3.93. The molecule has 0 spiro atoms. The van der Waals surface area contributed by atoms with Crippen molar-refractivity contribution in [2.75, 3.05) is 43.4 Å². The first-order valence-electron chi connectivity index (χ1n) is 10.5. The molecule has 32 heavy (non-hydrogen) atoms. The lowest BCUT2D eigenvalue weighted by Crippen LogP contribution is -2.43. The molecule has 1 N–H and O–H groups in total. The van der Waals surface area contributed by atoms with E-state index in [2.05, 4.69) is 22.2 Å². The number of nitrogens with one attached hydrogen (secondary N) is 1. The van der Waals surface area contributed by atoms with Crippen LogP contribution in [-0.2, 0) is 20.9 Å². The highest BCUT2D eigenvalue weighted by atomic mass is 35.5. The van der Waals surface area contributed by atoms with Crippen LogP contribution < -0.4 is 10.2 Å². The number of carbonyl (C=O) groups is 3. The summed E-state index contributed by atoms with van der Waals surface area (Å²) in [5.74, 6) is -1.19. The summed E-state index contributed by atoms with van der Waals surface area (Å²) in [7, 11) is 2.13. The quantitative estimate of drug-likeness (QED) is 0.706. The third-order valence-corrected chi connectivity index (χ3v) is 6.07. The molecule has 0 aliphatic carbocycles. The zero-order valence-corrected chi connectivity index (χ0v) is 18.9. The number of likely N-dealkylation sites (N-methyl/N-ethyl adjacent to an activating group) is 1. The van der Waals surface area contributed by atoms with Crippen LogP contribution in [0.4, 0.5) is 11.4 Å². The van der Waals surface area contributed by atoms with Gasteiger partial charge in [0.15, 0.2) is 0 Å². The van der Waals surface area contributed by atoms with Gasteiger partial charge in [-0.1, -0.05) is 35.9 Å². The fourth-order valence-corrected chi connectivity index (χ4v) is 4.20. The highest BCUT2D eigenvalue weighted by molar-refractivity contribution is 6.60. The van der Waals surface area contributed by atoms with Crippen molar-refractivity contribution in [3.8, 4) is 0 Å². The molecule has 8 heteroatoms. The molecule has 2 aromatic rings. The van der Waals surface area contributed by atoms with E-state index in [9.17, 15) is 14.4 Å². The van der Waals surface area contributed by atoms with Gasteiger partial charge in [0.05, 0.1) is 11.3 Å². The summed E-state index contributed by atoms with van der Waals surface area (Å²) in [6.07, 6.45) is 0. The van der Waals surface area contributed by atoms with Gasteiger partial charge in [-0.25, -0.2) is 4.90 Å². The predicted octanol–water partition coefficient (Wildman–Crippen LogP) is 2.92. The molecule has 0 saturated carbocycles. The largest absolute Gasteiger partial charge is 0.326 e. The van der Waals surface area contributed by atoms with E-state index in [4.69, 9.17) is 11.6 Å². The fraction of sp³-hybridized carbons (Fsp3) is 0.292. The van der Waals surface area contributed by atoms with Crippen LogP contribution in [-0.4, -0.2) is 60.7 Å². The molecule has 0 unspecified atom stereocenters. The standard InChI is InChI=1S/C24H25ClN4O3/c1-16(30)26-19-7-5-18(6-8-19)21-22(25)24(32)29(23(21)31)20-9-3-17(4-10-20)15-28-13-11-27(2)12-14-28/h3-10H,11-15H2,1-2H3,(H,26,30). The Morgan fingerprint density at radius 3 is 2.16 bits per heavy atom. The molecule has 2 heterocycles. The zero-order chi connectivity index (χ0) is 22.8. The van der Waals surface area contributed by atoms with E-state index >= 15 is 0 Å². The summed E-state index contributed by atoms with van der Waals surface area (Å²) in [5.41, 5.74) is 2.90. The zero-order valence-electron chi connectivity index (χ0n) is 18.1. The molecule has 4 rings (SSSR count). The molecule has 0 bridgehead atoms. The molecular formula is C24H25ClN4O3. The number of imide groups is 1. The number of hydrogen-bond acceptors (Lipinski definition) is 5. The van der Waals surface area contributed by atoms with Crippen LogP contribution in [0.2, 0.25) is 0 Å². The Bertz CT molecular complexity index is 1070. The van der Waals surface area contributed by atoms with Gasteiger partial charge >= 0.3 is 0 Å². The Balaban J connectivity index is 1.49. The molecule has 2 aliphatic heterocycles. The number of amides is 3. The predicted molar refractivity (Wildman–Crippen MR) is 125 cm³/mol. The average molecular weight is 453 g/mol. The van der Waals surface area contributed by atoms with Crippen LogP contribution in [0.5, 0.6) is 0 Å². The van der Waals surface area contributed by atoms with E-state index < -0.39 is 11.8 Å². The maximum Gasteiger partial charge on any atom is 0.277 e. The Kier molecular flexibility index (Phi) is 6.41. The minimum absolute atomic E-state index is 0.108. The van der Waals surface area contributed by atoms with Gasteiger partial charge < -0.3 is 10.2 Å². The van der Waals surface area contributed by atoms with Gasteiger partial charge in [-0.3, -0.25) is 19.3 Å². The number of rotatable bonds is 5. The van der Waals surface area contributed by atoms with Crippen LogP contribution in [0.15, 0.2) is 53.6 Å². The van der Waals surface area contributed by atoms with Crippen LogP contribution in [0, 0.1) is 0 Å². The van der Waals surface area contributed by atoms with Crippen molar-refractivity contribution < 1.29 is 14.4 Å². The number of nitrogens with zero attached hydrogens (tertiary/aromatic N) is 3. The second-order valence-corrected chi connectivity index (χ2v) is 8.52. The van der Waals surface area contributed by atoms with Crippen molar-refractivity contribution in [3.63, 3.8) is 0 Å². The van der Waals surface area contributed by atoms with Gasteiger partial charge in [-0.2, -0.15) is 0 Å². The van der Waals surface area contributed by atoms with Crippen molar-refractivity contribution >= 4 is 46.3 Å². The van der Waals surface area contributed by atoms with Gasteiger partial charge in [0.2, 0.25) is 5.91 Å². The Morgan fingerprint density at radius 2 is 1.56 bits per heavy atom. The van der Waals surface area contributed by atoms with Gasteiger partial charge in [0.25, 0.3) is 11.8 Å². The summed E-state index contributed by atoms with van der Waals surface area (Å²) < 4.78 is 0. The molecule has 2 aromatic carbocycles. The molecule has 0 radical (unpaired) electrons. The van der Waals surface area contributed by atoms with Crippen molar-refractivity contribution in [2.45, 2.75) is 13.5 Å². The molecule has 7 nitrogen and oxygen atoms in total. The highest BCUT2D eigenvalue weighted by Crippen LogP contribution is 2.35. The van der Waals surface area contributed by atoms with Gasteiger partial charge in [0, 0.05) is 45.3 Å². The number of halogens is 1. The molecule has 2 aliphatic rings. The first kappa shape index (κ1) is 22.2. The summed E-state index contributed by atoms with van der Waals surface area (Å²) >= 11 is 6.29. The maximum absolute atomic E-state index is 13.1. The number of hydrogen-bond donors (Lipinski definition) is 1. The van der Waals surface area contributed by atoms with Crippen molar-refractivity contribution in [1.29, 1.82) is 0 Å². The van der Waals surface area contributed by atoms with Crippen molar-refractivity contribution in [1.82, 2.24) is 9.80 Å². The first-order chi connectivity index (χ1) is 15.3. The second kappa shape index (κ2) is 9.24. The van der Waals surface area contributed by atoms with Crippen LogP contribution in [0.3, 0.4) is 0 Å². The molecule has 3 amide bonds. The van der Waals surface area contributed by atoms with Gasteiger partial charge in [0.1, 0.15) is 5.03 Å². The maximum atomic E-state index is 13.1. The summed E-state index contributed by atoms with van der Waals surface area (Å²) in [6.45, 7) is 6.39. The Labute approximate surface area is 192 Å². The third-order valence-electron chi connectivity index (χ3n) is 5.72. The molecule has 0 aromatic heterocycles. The van der Waals surface area contributed by atoms with E-state index in [0.29, 0.717) is 16.9 Å². The second-order valence-electron chi connectivity index (χ2n) is 8.14. The van der Waals surface area contributed by atoms with E-state index in [1.807, 2.05) is 12.1 Å². The van der Waals surface area contributed by atoms with Crippen molar-refractivity contribution in [2.24, 2.45) is 0 Å². The van der Waals surface area contributed by atoms with Crippen LogP contribution in [0.25, 0.3) is 5.57 Å². The Morgan fingerprint density at radius 1 is 0.938 bits per heavy atom. The normalized spacial score (nSPS) is 17.9. The smallest absolute Gasteiger partial charge is 0.277 e. The third kappa shape index (κ3) is 4.60. The van der Waals surface area contributed by atoms with Crippen LogP contribution in [0.1, 0.15) is 18.1 Å². The minimum Gasteiger partial charge on any atom is -0.326 e. The average Bonchev–Trinajstić information content (AvgIpc) is 2.99. The number of carbonyl (C=O) groups excluding carboxylic acids is 3. The van der Waals surface area contributed by atoms with Crippen molar-refractivity contribution in [3.05, 3.63) is 64.7 Å². The molecule has 1 fully saturated rings. The summed E-state index contributed by atoms with van der Waals surface area (Å²) in [4.78, 5) is 42.9. The lowest BCUT2D eigenvalue weighted by Gasteiger charge is -2.32. The van der Waals surface area contributed by atoms with E-state index in [0.717, 1.165) is 43.2 Å². The number of benzene rings is 2. The highest BCUT2D eigenvalue weighted by Gasteiger charge is 2.39. The Hall–Kier alpha value is -3.00. The molecular weight excluding hydrogens is 428 g/mol. The lowest BCUT2D eigenvalue weighted by molar-refractivity contribution is -0.120. The van der Waals surface area contributed by atoms with E-state index in [1.54, 1.807) is 36.4 Å². The first-order valence-corrected chi connectivity index (χ1v) is 10.9. The topological polar surface area (TPSA) is 73.0 Å². The lowest BCUT2D eigenvalue weighted by atomic mass is 10.1. The SMILES string of the molecule is CC(=O)Nc1ccc(C2=C(Cl)C(=O)N(c3ccc(CN4CCN(C)CC4)cc3)C2=O)cc1. The van der Waals surface area contributed by atoms with E-state index in [1.165, 1.54) is 6.92 Å². The number of piperazine rings is 1. The molecule has 1 saturated heterocycles. The molecule has 166 valence electrons. The van der Waals surface area contributed by atoms with Gasteiger partial charge in [-0.15, -0.1) is 0 Å². The number of anilines is 2. The van der Waals surface area contributed by atoms with Crippen LogP contribution >= 0.6 is 11.6 Å².